The fourth-order valence-corrected chi connectivity index (χ4v) is 1.80. The van der Waals surface area contributed by atoms with Crippen LogP contribution in [0, 0.1) is 29.1 Å². The Kier molecular flexibility index (Phi) is 4.02. The number of halogens is 5. The lowest BCUT2D eigenvalue weighted by molar-refractivity contribution is 0.0953. The highest BCUT2D eigenvalue weighted by Gasteiger charge is 2.32. The van der Waals surface area contributed by atoms with Crippen molar-refractivity contribution in [2.75, 3.05) is 0 Å². The van der Waals surface area contributed by atoms with Crippen LogP contribution in [0.2, 0.25) is 0 Å². The number of pyridine rings is 1. The first-order valence-electron chi connectivity index (χ1n) is 5.82. The number of aromatic nitrogens is 1. The molecule has 0 saturated carbocycles. The van der Waals surface area contributed by atoms with E-state index >= 15 is 0 Å². The summed E-state index contributed by atoms with van der Waals surface area (Å²) in [7, 11) is 0. The molecule has 110 valence electrons. The van der Waals surface area contributed by atoms with Gasteiger partial charge in [-0.3, -0.25) is 9.78 Å². The number of ketones is 1. The Morgan fingerprint density at radius 1 is 0.952 bits per heavy atom. The van der Waals surface area contributed by atoms with E-state index in [2.05, 4.69) is 4.98 Å². The first-order chi connectivity index (χ1) is 9.86. The summed E-state index contributed by atoms with van der Waals surface area (Å²) in [5.41, 5.74) is -1.30. The van der Waals surface area contributed by atoms with Crippen molar-refractivity contribution in [3.8, 4) is 0 Å². The van der Waals surface area contributed by atoms with Gasteiger partial charge in [0.2, 0.25) is 5.82 Å². The van der Waals surface area contributed by atoms with Crippen LogP contribution in [0.15, 0.2) is 24.4 Å². The van der Waals surface area contributed by atoms with E-state index in [9.17, 15) is 26.7 Å². The van der Waals surface area contributed by atoms with Crippen molar-refractivity contribution in [3.05, 3.63) is 64.7 Å². The van der Waals surface area contributed by atoms with Gasteiger partial charge in [0.15, 0.2) is 29.1 Å². The summed E-state index contributed by atoms with van der Waals surface area (Å²) in [5, 5.41) is 0. The average Bonchev–Trinajstić information content (AvgIpc) is 2.51. The predicted octanol–water partition coefficient (Wildman–Crippen LogP) is 3.76. The van der Waals surface area contributed by atoms with Gasteiger partial charge in [-0.15, -0.1) is 0 Å². The SMILES string of the molecule is CC(C(=O)c1c(F)c(F)c(F)c(F)c1F)c1ccccn1. The molecule has 0 aliphatic heterocycles. The van der Waals surface area contributed by atoms with Gasteiger partial charge in [-0.25, -0.2) is 22.0 Å². The number of hydrogen-bond donors (Lipinski definition) is 0. The molecule has 1 aromatic heterocycles. The number of carbonyl (C=O) groups is 1. The van der Waals surface area contributed by atoms with E-state index in [1.165, 1.54) is 25.3 Å². The number of benzene rings is 1. The van der Waals surface area contributed by atoms with Crippen molar-refractivity contribution in [2.24, 2.45) is 0 Å². The molecule has 0 N–H and O–H groups in total. The molecule has 0 radical (unpaired) electrons. The van der Waals surface area contributed by atoms with Crippen LogP contribution < -0.4 is 0 Å². The van der Waals surface area contributed by atoms with Crippen LogP contribution in [0.3, 0.4) is 0 Å². The van der Waals surface area contributed by atoms with Gasteiger partial charge in [0.1, 0.15) is 0 Å². The van der Waals surface area contributed by atoms with Gasteiger partial charge in [0.05, 0.1) is 17.2 Å². The Bertz CT molecular complexity index is 673. The second-order valence-corrected chi connectivity index (χ2v) is 4.29. The standard InChI is InChI=1S/C14H8F5NO/c1-6(7-4-2-3-5-20-7)14(21)8-9(15)11(17)13(19)12(18)10(8)16/h2-6H,1H3. The lowest BCUT2D eigenvalue weighted by Gasteiger charge is -2.12. The Balaban J connectivity index is 2.55. The molecule has 1 atom stereocenters. The van der Waals surface area contributed by atoms with E-state index < -0.39 is 46.4 Å². The molecule has 2 rings (SSSR count). The molecule has 0 saturated heterocycles. The maximum absolute atomic E-state index is 13.6. The first kappa shape index (κ1) is 15.1. The van der Waals surface area contributed by atoms with E-state index in [1.54, 1.807) is 6.07 Å². The van der Waals surface area contributed by atoms with E-state index in [1.807, 2.05) is 0 Å². The molecule has 21 heavy (non-hydrogen) atoms. The highest BCUT2D eigenvalue weighted by atomic mass is 19.2. The van der Waals surface area contributed by atoms with Crippen LogP contribution in [-0.2, 0) is 0 Å². The Morgan fingerprint density at radius 2 is 1.48 bits per heavy atom. The molecule has 0 aliphatic carbocycles. The quantitative estimate of drug-likeness (QED) is 0.374. The van der Waals surface area contributed by atoms with E-state index in [0.717, 1.165) is 0 Å². The molecule has 1 heterocycles. The first-order valence-corrected chi connectivity index (χ1v) is 5.82. The zero-order valence-corrected chi connectivity index (χ0v) is 10.6. The number of carbonyl (C=O) groups excluding carboxylic acids is 1. The molecule has 0 aliphatic rings. The maximum Gasteiger partial charge on any atom is 0.200 e. The zero-order valence-electron chi connectivity index (χ0n) is 10.6. The number of nitrogens with zero attached hydrogens (tertiary/aromatic N) is 1. The van der Waals surface area contributed by atoms with Crippen LogP contribution in [0.4, 0.5) is 22.0 Å². The summed E-state index contributed by atoms with van der Waals surface area (Å²) in [5.74, 6) is -13.3. The Labute approximate surface area is 116 Å². The third-order valence-electron chi connectivity index (χ3n) is 2.98. The van der Waals surface area contributed by atoms with Gasteiger partial charge in [0.25, 0.3) is 0 Å². The fraction of sp³-hybridized carbons (Fsp3) is 0.143. The van der Waals surface area contributed by atoms with Crippen molar-refractivity contribution >= 4 is 5.78 Å². The van der Waals surface area contributed by atoms with Gasteiger partial charge < -0.3 is 0 Å². The lowest BCUT2D eigenvalue weighted by atomic mass is 9.94. The molecule has 0 amide bonds. The molecule has 2 aromatic rings. The molecule has 0 bridgehead atoms. The van der Waals surface area contributed by atoms with Crippen LogP contribution in [0.25, 0.3) is 0 Å². The van der Waals surface area contributed by atoms with Gasteiger partial charge in [-0.1, -0.05) is 6.07 Å². The molecule has 7 heteroatoms. The van der Waals surface area contributed by atoms with Crippen LogP contribution in [-0.4, -0.2) is 10.8 Å². The van der Waals surface area contributed by atoms with Gasteiger partial charge in [-0.05, 0) is 19.1 Å². The van der Waals surface area contributed by atoms with Crippen molar-refractivity contribution < 1.29 is 26.7 Å². The number of hydrogen-bond acceptors (Lipinski definition) is 2. The minimum absolute atomic E-state index is 0.159. The average molecular weight is 301 g/mol. The molecule has 0 spiro atoms. The zero-order chi connectivity index (χ0) is 15.7. The highest BCUT2D eigenvalue weighted by Crippen LogP contribution is 2.27. The molecule has 1 aromatic carbocycles. The van der Waals surface area contributed by atoms with Crippen LogP contribution >= 0.6 is 0 Å². The van der Waals surface area contributed by atoms with Crippen LogP contribution in [0.5, 0.6) is 0 Å². The van der Waals surface area contributed by atoms with Crippen LogP contribution in [0.1, 0.15) is 28.9 Å². The van der Waals surface area contributed by atoms with Crippen molar-refractivity contribution in [1.29, 1.82) is 0 Å². The van der Waals surface area contributed by atoms with Crippen molar-refractivity contribution in [1.82, 2.24) is 4.98 Å². The monoisotopic (exact) mass is 301 g/mol. The minimum atomic E-state index is -2.30. The lowest BCUT2D eigenvalue weighted by Crippen LogP contribution is -2.18. The third kappa shape index (κ3) is 2.51. The second kappa shape index (κ2) is 5.59. The largest absolute Gasteiger partial charge is 0.293 e. The van der Waals surface area contributed by atoms with Crippen molar-refractivity contribution in [3.63, 3.8) is 0 Å². The molecule has 2 nitrogen and oxygen atoms in total. The summed E-state index contributed by atoms with van der Waals surface area (Å²) >= 11 is 0. The van der Waals surface area contributed by atoms with E-state index in [-0.39, 0.29) is 5.69 Å². The van der Waals surface area contributed by atoms with E-state index in [4.69, 9.17) is 0 Å². The topological polar surface area (TPSA) is 30.0 Å². The van der Waals surface area contributed by atoms with Crippen molar-refractivity contribution in [2.45, 2.75) is 12.8 Å². The number of Topliss-reactive ketones (excluding diaryl/α,β-unsaturated/α-hetero) is 1. The third-order valence-corrected chi connectivity index (χ3v) is 2.98. The molecular weight excluding hydrogens is 293 g/mol. The summed E-state index contributed by atoms with van der Waals surface area (Å²) in [4.78, 5) is 15.8. The predicted molar refractivity (Wildman–Crippen MR) is 63.2 cm³/mol. The normalized spacial score (nSPS) is 12.3. The summed E-state index contributed by atoms with van der Waals surface area (Å²) < 4.78 is 66.3. The smallest absolute Gasteiger partial charge is 0.200 e. The second-order valence-electron chi connectivity index (χ2n) is 4.29. The maximum atomic E-state index is 13.6. The van der Waals surface area contributed by atoms with Gasteiger partial charge >= 0.3 is 0 Å². The minimum Gasteiger partial charge on any atom is -0.293 e. The Morgan fingerprint density at radius 3 is 1.95 bits per heavy atom. The van der Waals surface area contributed by atoms with E-state index in [0.29, 0.717) is 0 Å². The fourth-order valence-electron chi connectivity index (χ4n) is 1.80. The Hall–Kier alpha value is -2.31. The van der Waals surface area contributed by atoms with Gasteiger partial charge in [-0.2, -0.15) is 0 Å². The summed E-state index contributed by atoms with van der Waals surface area (Å²) in [6, 6.07) is 4.50. The summed E-state index contributed by atoms with van der Waals surface area (Å²) in [6.45, 7) is 1.27. The molecule has 0 fully saturated rings. The molecule has 1 unspecified atom stereocenters. The highest BCUT2D eigenvalue weighted by molar-refractivity contribution is 6.01. The number of rotatable bonds is 3. The van der Waals surface area contributed by atoms with Gasteiger partial charge in [0, 0.05) is 6.20 Å². The summed E-state index contributed by atoms with van der Waals surface area (Å²) in [6.07, 6.45) is 1.34. The molecular formula is C14H8F5NO.